The molecular formula is C29H29Cl2FN4OS. The van der Waals surface area contributed by atoms with Gasteiger partial charge in [0, 0.05) is 27.2 Å². The molecule has 1 aliphatic rings. The van der Waals surface area contributed by atoms with Crippen molar-refractivity contribution in [1.82, 2.24) is 19.9 Å². The quantitative estimate of drug-likeness (QED) is 0.159. The minimum atomic E-state index is -0.409. The van der Waals surface area contributed by atoms with Crippen LogP contribution in [0.2, 0.25) is 5.02 Å². The maximum Gasteiger partial charge on any atom is 0.212 e. The molecule has 9 heteroatoms. The highest BCUT2D eigenvalue weighted by molar-refractivity contribution is 7.12. The Morgan fingerprint density at radius 2 is 1.97 bits per heavy atom. The number of aryl methyl sites for hydroxylation is 2. The molecule has 0 amide bonds. The molecular weight excluding hydrogens is 542 g/mol. The number of nitrogens with one attached hydrogen (secondary N) is 2. The van der Waals surface area contributed by atoms with Gasteiger partial charge in [-0.2, -0.15) is 0 Å². The second-order valence-corrected chi connectivity index (χ2v) is 10.9. The van der Waals surface area contributed by atoms with Crippen LogP contribution in [0.1, 0.15) is 40.7 Å². The number of hydrogen-bond acceptors (Lipinski definition) is 4. The summed E-state index contributed by atoms with van der Waals surface area (Å²) in [5.74, 6) is 0.993. The number of imidazole rings is 1. The highest BCUT2D eigenvalue weighted by Crippen LogP contribution is 2.48. The Kier molecular flexibility index (Phi) is 7.82. The molecule has 5 aromatic rings. The van der Waals surface area contributed by atoms with E-state index in [0.29, 0.717) is 28.4 Å². The number of ether oxygens (including phenoxy) is 1. The van der Waals surface area contributed by atoms with Crippen LogP contribution in [-0.2, 0) is 6.54 Å². The van der Waals surface area contributed by atoms with Crippen molar-refractivity contribution in [2.45, 2.75) is 40.0 Å². The summed E-state index contributed by atoms with van der Waals surface area (Å²) in [6.07, 6.45) is 3.86. The predicted molar refractivity (Wildman–Crippen MR) is 156 cm³/mol. The number of alkyl halides is 1. The lowest BCUT2D eigenvalue weighted by Gasteiger charge is -2.30. The molecule has 1 atom stereocenters. The number of aromatic amines is 1. The second kappa shape index (κ2) is 11.1. The first-order valence-corrected chi connectivity index (χ1v) is 14.4. The van der Waals surface area contributed by atoms with Crippen LogP contribution >= 0.6 is 34.5 Å². The summed E-state index contributed by atoms with van der Waals surface area (Å²) >= 11 is 12.6. The van der Waals surface area contributed by atoms with E-state index in [0.717, 1.165) is 46.0 Å². The van der Waals surface area contributed by atoms with Gasteiger partial charge < -0.3 is 15.0 Å². The number of H-pyrrole nitrogens is 1. The number of thiophene rings is 1. The Labute approximate surface area is 235 Å². The lowest BCUT2D eigenvalue weighted by Crippen LogP contribution is -2.22. The van der Waals surface area contributed by atoms with Crippen LogP contribution < -0.4 is 10.1 Å². The predicted octanol–water partition coefficient (Wildman–Crippen LogP) is 8.46. The third-order valence-corrected chi connectivity index (χ3v) is 8.09. The fraction of sp³-hybridized carbons (Fsp3) is 0.276. The van der Waals surface area contributed by atoms with Gasteiger partial charge in [-0.3, -0.25) is 4.57 Å². The number of nitrogens with zero attached hydrogens (tertiary/aromatic N) is 2. The van der Waals surface area contributed by atoms with Gasteiger partial charge in [-0.25, -0.2) is 9.37 Å². The smallest absolute Gasteiger partial charge is 0.212 e. The molecule has 4 heterocycles. The minimum Gasteiger partial charge on any atom is -0.464 e. The average molecular weight is 572 g/mol. The molecule has 2 N–H and O–H groups in total. The molecule has 2 aromatic carbocycles. The molecule has 0 spiro atoms. The third kappa shape index (κ3) is 4.84. The van der Waals surface area contributed by atoms with Gasteiger partial charge in [0.15, 0.2) is 0 Å². The fourth-order valence-electron chi connectivity index (χ4n) is 4.80. The number of fused-ring (bicyclic) bond motifs is 5. The van der Waals surface area contributed by atoms with Crippen molar-refractivity contribution in [3.8, 4) is 28.3 Å². The van der Waals surface area contributed by atoms with Crippen molar-refractivity contribution in [3.05, 3.63) is 80.6 Å². The Morgan fingerprint density at radius 3 is 2.71 bits per heavy atom. The summed E-state index contributed by atoms with van der Waals surface area (Å²) in [5, 5.41) is 4.93. The molecule has 0 radical (unpaired) electrons. The van der Waals surface area contributed by atoms with Gasteiger partial charge in [-0.05, 0) is 74.8 Å². The standard InChI is InChI=1S/C28H26ClFN4OS.CH3Cl/c1-4-7-31-14-26-32-13-21(33-26)17-10-20(30)27-23-11-18-9-19(29)5-6-22(18)34(23)28(35-24(27)12-17)25-8-15(2)16(3)36-25;1-2/h5-6,8-13,28,31H,4,7,14H2,1-3H3,(H,32,33);1H3. The van der Waals surface area contributed by atoms with Gasteiger partial charge in [0.2, 0.25) is 6.23 Å². The van der Waals surface area contributed by atoms with Crippen LogP contribution in [0.4, 0.5) is 4.39 Å². The monoisotopic (exact) mass is 570 g/mol. The molecule has 6 rings (SSSR count). The Morgan fingerprint density at radius 1 is 1.16 bits per heavy atom. The Bertz CT molecular complexity index is 1590. The van der Waals surface area contributed by atoms with Crippen LogP contribution in [0.3, 0.4) is 0 Å². The maximum absolute atomic E-state index is 15.8. The van der Waals surface area contributed by atoms with Crippen molar-refractivity contribution in [2.75, 3.05) is 12.9 Å². The maximum atomic E-state index is 15.8. The first kappa shape index (κ1) is 26.8. The second-order valence-electron chi connectivity index (χ2n) is 9.21. The van der Waals surface area contributed by atoms with Crippen molar-refractivity contribution in [2.24, 2.45) is 0 Å². The van der Waals surface area contributed by atoms with Crippen LogP contribution in [0.15, 0.2) is 48.7 Å². The largest absolute Gasteiger partial charge is 0.464 e. The SMILES string of the molecule is CCCNCc1ncc(-c2cc(F)c3c(c2)OC(c2cc(C)c(C)s2)n2c-3cc3cc(Cl)ccc32)[nH]1.CCl. The van der Waals surface area contributed by atoms with Crippen molar-refractivity contribution < 1.29 is 9.13 Å². The van der Waals surface area contributed by atoms with Crippen LogP contribution in [-0.4, -0.2) is 27.5 Å². The van der Waals surface area contributed by atoms with Gasteiger partial charge in [0.05, 0.1) is 40.1 Å². The summed E-state index contributed by atoms with van der Waals surface area (Å²) in [7, 11) is 0. The highest BCUT2D eigenvalue weighted by atomic mass is 35.5. The molecule has 1 unspecified atom stereocenters. The lowest BCUT2D eigenvalue weighted by atomic mass is 10.0. The van der Waals surface area contributed by atoms with Crippen LogP contribution in [0.5, 0.6) is 5.75 Å². The number of halogens is 3. The van der Waals surface area contributed by atoms with E-state index < -0.39 is 6.23 Å². The fourth-order valence-corrected chi connectivity index (χ4v) is 6.04. The molecule has 0 saturated carbocycles. The van der Waals surface area contributed by atoms with Gasteiger partial charge >= 0.3 is 0 Å². The first-order chi connectivity index (χ1) is 18.4. The van der Waals surface area contributed by atoms with E-state index in [4.69, 9.17) is 16.3 Å². The summed E-state index contributed by atoms with van der Waals surface area (Å²) < 4.78 is 24.5. The molecule has 38 heavy (non-hydrogen) atoms. The molecule has 5 nitrogen and oxygen atoms in total. The van der Waals surface area contributed by atoms with E-state index in [1.165, 1.54) is 16.8 Å². The normalized spacial score (nSPS) is 14.0. The van der Waals surface area contributed by atoms with Gasteiger partial charge in [0.25, 0.3) is 0 Å². The number of aromatic nitrogens is 3. The van der Waals surface area contributed by atoms with Gasteiger partial charge in [0.1, 0.15) is 17.4 Å². The summed E-state index contributed by atoms with van der Waals surface area (Å²) in [6.45, 7) is 7.89. The Hall–Kier alpha value is -2.84. The lowest BCUT2D eigenvalue weighted by molar-refractivity contribution is 0.176. The Balaban J connectivity index is 0.00000144. The molecule has 198 valence electrons. The van der Waals surface area contributed by atoms with E-state index in [1.807, 2.05) is 30.3 Å². The van der Waals surface area contributed by atoms with Crippen molar-refractivity contribution in [3.63, 3.8) is 0 Å². The zero-order chi connectivity index (χ0) is 27.0. The van der Waals surface area contributed by atoms with Gasteiger partial charge in [-0.15, -0.1) is 22.9 Å². The van der Waals surface area contributed by atoms with E-state index in [1.54, 1.807) is 23.6 Å². The van der Waals surface area contributed by atoms with E-state index >= 15 is 4.39 Å². The molecule has 1 aliphatic heterocycles. The zero-order valence-corrected chi connectivity index (χ0v) is 24.0. The summed E-state index contributed by atoms with van der Waals surface area (Å²) in [4.78, 5) is 10.1. The minimum absolute atomic E-state index is 0.338. The molecule has 0 saturated heterocycles. The summed E-state index contributed by atoms with van der Waals surface area (Å²) in [6, 6.07) is 13.4. The molecule has 3 aromatic heterocycles. The third-order valence-electron chi connectivity index (χ3n) is 6.67. The summed E-state index contributed by atoms with van der Waals surface area (Å²) in [5.41, 5.74) is 4.86. The van der Waals surface area contributed by atoms with E-state index in [2.05, 4.69) is 58.3 Å². The molecule has 0 fully saturated rings. The topological polar surface area (TPSA) is 54.9 Å². The van der Waals surface area contributed by atoms with E-state index in [9.17, 15) is 0 Å². The number of hydrogen-bond donors (Lipinski definition) is 2. The van der Waals surface area contributed by atoms with E-state index in [-0.39, 0.29) is 5.82 Å². The van der Waals surface area contributed by atoms with Crippen molar-refractivity contribution >= 4 is 45.4 Å². The molecule has 0 aliphatic carbocycles. The first-order valence-electron chi connectivity index (χ1n) is 12.4. The number of benzene rings is 2. The van der Waals surface area contributed by atoms with Crippen LogP contribution in [0, 0.1) is 19.7 Å². The molecule has 0 bridgehead atoms. The van der Waals surface area contributed by atoms with Gasteiger partial charge in [-0.1, -0.05) is 18.5 Å². The number of rotatable bonds is 6. The van der Waals surface area contributed by atoms with Crippen LogP contribution in [0.25, 0.3) is 33.4 Å². The zero-order valence-electron chi connectivity index (χ0n) is 21.7. The highest BCUT2D eigenvalue weighted by Gasteiger charge is 2.33. The average Bonchev–Trinajstić information content (AvgIpc) is 3.61. The van der Waals surface area contributed by atoms with Crippen molar-refractivity contribution in [1.29, 1.82) is 0 Å².